The predicted octanol–water partition coefficient (Wildman–Crippen LogP) is 0.831. The lowest BCUT2D eigenvalue weighted by Gasteiger charge is -2.05. The first-order valence-electron chi connectivity index (χ1n) is 4.67. The molecule has 0 N–H and O–H groups in total. The number of pyridine rings is 1. The summed E-state index contributed by atoms with van der Waals surface area (Å²) in [6, 6.07) is 3.90. The summed E-state index contributed by atoms with van der Waals surface area (Å²) in [6.45, 7) is 1.36. The minimum atomic E-state index is 0.116. The van der Waals surface area contributed by atoms with E-state index in [-0.39, 0.29) is 6.10 Å². The molecule has 0 spiro atoms. The molecule has 14 heavy (non-hydrogen) atoms. The molecular formula is C10H10N2O2. The van der Waals surface area contributed by atoms with E-state index < -0.39 is 0 Å². The Bertz CT molecular complexity index is 364. The Hall–Kier alpha value is -1.42. The van der Waals surface area contributed by atoms with E-state index in [1.807, 2.05) is 18.3 Å². The van der Waals surface area contributed by atoms with Crippen LogP contribution in [0, 0.1) is 5.92 Å². The highest BCUT2D eigenvalue weighted by molar-refractivity contribution is 6.03. The van der Waals surface area contributed by atoms with E-state index in [9.17, 15) is 0 Å². The highest BCUT2D eigenvalue weighted by Crippen LogP contribution is 2.27. The van der Waals surface area contributed by atoms with Gasteiger partial charge in [-0.2, -0.15) is 0 Å². The van der Waals surface area contributed by atoms with Crippen molar-refractivity contribution >= 4 is 5.71 Å². The molecule has 0 aromatic carbocycles. The van der Waals surface area contributed by atoms with Gasteiger partial charge in [-0.25, -0.2) is 0 Å². The highest BCUT2D eigenvalue weighted by atomic mass is 16.7. The number of nitrogens with zero attached hydrogens (tertiary/aromatic N) is 2. The number of rotatable bonds is 1. The minimum Gasteiger partial charge on any atom is -0.389 e. The molecule has 0 radical (unpaired) electrons. The minimum absolute atomic E-state index is 0.116. The summed E-state index contributed by atoms with van der Waals surface area (Å²) in [7, 11) is 0. The first-order valence-corrected chi connectivity index (χ1v) is 4.67. The summed E-state index contributed by atoms with van der Waals surface area (Å²) < 4.78 is 5.34. The Morgan fingerprint density at radius 1 is 1.36 bits per heavy atom. The lowest BCUT2D eigenvalue weighted by atomic mass is 9.96. The van der Waals surface area contributed by atoms with E-state index in [1.165, 1.54) is 0 Å². The van der Waals surface area contributed by atoms with Gasteiger partial charge in [0, 0.05) is 18.0 Å². The number of hydrogen-bond donors (Lipinski definition) is 0. The predicted molar refractivity (Wildman–Crippen MR) is 50.0 cm³/mol. The summed E-state index contributed by atoms with van der Waals surface area (Å²) in [5.41, 5.74) is 2.01. The second-order valence-corrected chi connectivity index (χ2v) is 3.51. The van der Waals surface area contributed by atoms with Gasteiger partial charge in [0.2, 0.25) is 0 Å². The Morgan fingerprint density at radius 2 is 2.36 bits per heavy atom. The fraction of sp³-hybridized carbons (Fsp3) is 0.400. The SMILES string of the molecule is c1cncc(C2=NO[C@@H]3COC[C@H]23)c1. The molecule has 3 rings (SSSR count). The van der Waals surface area contributed by atoms with Gasteiger partial charge in [0.25, 0.3) is 0 Å². The van der Waals surface area contributed by atoms with Gasteiger partial charge in [0.05, 0.1) is 24.8 Å². The molecule has 2 atom stereocenters. The van der Waals surface area contributed by atoms with Crippen LogP contribution in [0.1, 0.15) is 5.56 Å². The van der Waals surface area contributed by atoms with E-state index >= 15 is 0 Å². The number of oxime groups is 1. The van der Waals surface area contributed by atoms with Crippen LogP contribution in [0.4, 0.5) is 0 Å². The van der Waals surface area contributed by atoms with Crippen molar-refractivity contribution in [1.82, 2.24) is 4.98 Å². The molecule has 1 saturated heterocycles. The molecule has 0 amide bonds. The maximum Gasteiger partial charge on any atom is 0.161 e. The Kier molecular flexibility index (Phi) is 1.73. The molecule has 0 bridgehead atoms. The van der Waals surface area contributed by atoms with Crippen molar-refractivity contribution in [3.8, 4) is 0 Å². The van der Waals surface area contributed by atoms with Gasteiger partial charge in [-0.15, -0.1) is 0 Å². The molecule has 0 aliphatic carbocycles. The van der Waals surface area contributed by atoms with Crippen LogP contribution in [-0.2, 0) is 9.57 Å². The number of aromatic nitrogens is 1. The third-order valence-corrected chi connectivity index (χ3v) is 2.62. The molecule has 0 saturated carbocycles. The van der Waals surface area contributed by atoms with Crippen molar-refractivity contribution in [3.05, 3.63) is 30.1 Å². The molecule has 1 fully saturated rings. The van der Waals surface area contributed by atoms with Crippen LogP contribution >= 0.6 is 0 Å². The number of fused-ring (bicyclic) bond motifs is 1. The topological polar surface area (TPSA) is 43.7 Å². The summed E-state index contributed by atoms with van der Waals surface area (Å²) in [6.07, 6.45) is 3.68. The van der Waals surface area contributed by atoms with Crippen molar-refractivity contribution in [1.29, 1.82) is 0 Å². The largest absolute Gasteiger partial charge is 0.389 e. The van der Waals surface area contributed by atoms with Crippen molar-refractivity contribution in [3.63, 3.8) is 0 Å². The van der Waals surface area contributed by atoms with Gasteiger partial charge in [0.15, 0.2) is 6.10 Å². The molecule has 2 aliphatic rings. The lowest BCUT2D eigenvalue weighted by Crippen LogP contribution is -2.21. The summed E-state index contributed by atoms with van der Waals surface area (Å²) >= 11 is 0. The standard InChI is InChI=1S/C10H10N2O2/c1-2-7(4-11-3-1)10-8-5-13-6-9(8)14-12-10/h1-4,8-9H,5-6H2/t8-,9+/m0/s1. The fourth-order valence-corrected chi connectivity index (χ4v) is 1.87. The van der Waals surface area contributed by atoms with Crippen LogP contribution < -0.4 is 0 Å². The second kappa shape index (κ2) is 3.06. The molecule has 3 heterocycles. The fourth-order valence-electron chi connectivity index (χ4n) is 1.87. The van der Waals surface area contributed by atoms with Crippen molar-refractivity contribution in [2.45, 2.75) is 6.10 Å². The second-order valence-electron chi connectivity index (χ2n) is 3.51. The van der Waals surface area contributed by atoms with Gasteiger partial charge >= 0.3 is 0 Å². The van der Waals surface area contributed by atoms with E-state index in [1.54, 1.807) is 6.20 Å². The van der Waals surface area contributed by atoms with Crippen LogP contribution in [0.25, 0.3) is 0 Å². The average molecular weight is 190 g/mol. The summed E-state index contributed by atoms with van der Waals surface area (Å²) in [4.78, 5) is 9.35. The maximum atomic E-state index is 5.34. The Labute approximate surface area is 81.5 Å². The normalized spacial score (nSPS) is 29.6. The summed E-state index contributed by atoms with van der Waals surface area (Å²) in [5.74, 6) is 0.291. The first kappa shape index (κ1) is 7.94. The quantitative estimate of drug-likeness (QED) is 0.658. The molecule has 4 nitrogen and oxygen atoms in total. The van der Waals surface area contributed by atoms with E-state index in [2.05, 4.69) is 10.1 Å². The molecule has 1 aromatic rings. The van der Waals surface area contributed by atoms with Crippen LogP contribution in [0.3, 0.4) is 0 Å². The monoisotopic (exact) mass is 190 g/mol. The Balaban J connectivity index is 1.93. The molecule has 2 aliphatic heterocycles. The molecule has 0 unspecified atom stereocenters. The Morgan fingerprint density at radius 3 is 3.21 bits per heavy atom. The summed E-state index contributed by atoms with van der Waals surface area (Å²) in [5, 5.41) is 4.09. The molecule has 72 valence electrons. The van der Waals surface area contributed by atoms with Crippen LogP contribution in [0.15, 0.2) is 29.7 Å². The smallest absolute Gasteiger partial charge is 0.161 e. The molecule has 4 heteroatoms. The third-order valence-electron chi connectivity index (χ3n) is 2.62. The highest BCUT2D eigenvalue weighted by Gasteiger charge is 2.39. The van der Waals surface area contributed by atoms with Crippen LogP contribution in [0.2, 0.25) is 0 Å². The van der Waals surface area contributed by atoms with E-state index in [0.717, 1.165) is 11.3 Å². The van der Waals surface area contributed by atoms with Gasteiger partial charge in [-0.3, -0.25) is 4.98 Å². The average Bonchev–Trinajstić information content (AvgIpc) is 2.79. The lowest BCUT2D eigenvalue weighted by molar-refractivity contribution is 0.0558. The van der Waals surface area contributed by atoms with E-state index in [0.29, 0.717) is 19.1 Å². The molecule has 1 aromatic heterocycles. The zero-order valence-corrected chi connectivity index (χ0v) is 7.59. The van der Waals surface area contributed by atoms with Crippen LogP contribution in [-0.4, -0.2) is 30.0 Å². The zero-order chi connectivity index (χ0) is 9.38. The van der Waals surface area contributed by atoms with Crippen LogP contribution in [0.5, 0.6) is 0 Å². The first-order chi connectivity index (χ1) is 6.95. The molecular weight excluding hydrogens is 180 g/mol. The number of ether oxygens (including phenoxy) is 1. The number of hydrogen-bond acceptors (Lipinski definition) is 4. The van der Waals surface area contributed by atoms with Gasteiger partial charge in [0.1, 0.15) is 0 Å². The van der Waals surface area contributed by atoms with Gasteiger partial charge in [-0.05, 0) is 12.1 Å². The van der Waals surface area contributed by atoms with Crippen molar-refractivity contribution in [2.24, 2.45) is 11.1 Å². The van der Waals surface area contributed by atoms with Crippen molar-refractivity contribution < 1.29 is 9.57 Å². The van der Waals surface area contributed by atoms with Crippen molar-refractivity contribution in [2.75, 3.05) is 13.2 Å². The third kappa shape index (κ3) is 1.11. The maximum absolute atomic E-state index is 5.34. The van der Waals surface area contributed by atoms with Gasteiger partial charge in [-0.1, -0.05) is 5.16 Å². The zero-order valence-electron chi connectivity index (χ0n) is 7.59. The van der Waals surface area contributed by atoms with Gasteiger partial charge < -0.3 is 9.57 Å². The van der Waals surface area contributed by atoms with E-state index in [4.69, 9.17) is 9.57 Å².